The third-order valence-corrected chi connectivity index (χ3v) is 4.90. The lowest BCUT2D eigenvalue weighted by molar-refractivity contribution is 0.0701. The molecule has 0 bridgehead atoms. The lowest BCUT2D eigenvalue weighted by Crippen LogP contribution is -1.98. The molecule has 0 aliphatic carbocycles. The first kappa shape index (κ1) is 14.1. The SMILES string of the molecule is CCc1nn(-c2cccc(Cl)c2)c2sc(C(=O)O)c(C)c12. The Labute approximate surface area is 130 Å². The van der Waals surface area contributed by atoms with Crippen LogP contribution in [0.2, 0.25) is 5.02 Å². The molecule has 3 rings (SSSR count). The molecule has 3 aromatic rings. The van der Waals surface area contributed by atoms with Gasteiger partial charge in [-0.15, -0.1) is 11.3 Å². The van der Waals surface area contributed by atoms with Crippen molar-refractivity contribution >= 4 is 39.1 Å². The molecule has 0 fully saturated rings. The number of carboxylic acids is 1. The smallest absolute Gasteiger partial charge is 0.346 e. The minimum absolute atomic E-state index is 0.368. The molecule has 2 aromatic heterocycles. The van der Waals surface area contributed by atoms with Crippen molar-refractivity contribution in [3.05, 3.63) is 45.4 Å². The van der Waals surface area contributed by atoms with Gasteiger partial charge < -0.3 is 5.11 Å². The van der Waals surface area contributed by atoms with E-state index in [1.165, 1.54) is 11.3 Å². The zero-order valence-electron chi connectivity index (χ0n) is 11.6. The second kappa shape index (κ2) is 5.16. The van der Waals surface area contributed by atoms with Crippen molar-refractivity contribution in [3.8, 4) is 5.69 Å². The van der Waals surface area contributed by atoms with E-state index in [2.05, 4.69) is 5.10 Å². The molecule has 0 aliphatic heterocycles. The molecule has 6 heteroatoms. The molecule has 0 amide bonds. The standard InChI is InChI=1S/C15H13ClN2O2S/c1-3-11-12-8(2)13(15(19)20)21-14(12)18(17-11)10-6-4-5-9(16)7-10/h4-7H,3H2,1-2H3,(H,19,20). The van der Waals surface area contributed by atoms with Crippen LogP contribution < -0.4 is 0 Å². The number of nitrogens with zero attached hydrogens (tertiary/aromatic N) is 2. The van der Waals surface area contributed by atoms with E-state index < -0.39 is 5.97 Å². The summed E-state index contributed by atoms with van der Waals surface area (Å²) in [6.07, 6.45) is 0.751. The number of aryl methyl sites for hydroxylation is 2. The van der Waals surface area contributed by atoms with Gasteiger partial charge in [-0.05, 0) is 37.1 Å². The van der Waals surface area contributed by atoms with Crippen LogP contribution in [-0.4, -0.2) is 20.9 Å². The summed E-state index contributed by atoms with van der Waals surface area (Å²) in [6.45, 7) is 3.85. The first-order valence-corrected chi connectivity index (χ1v) is 7.72. The summed E-state index contributed by atoms with van der Waals surface area (Å²) in [6, 6.07) is 7.39. The quantitative estimate of drug-likeness (QED) is 0.782. The Balaban J connectivity index is 2.34. The molecule has 4 nitrogen and oxygen atoms in total. The number of hydrogen-bond donors (Lipinski definition) is 1. The highest BCUT2D eigenvalue weighted by molar-refractivity contribution is 7.20. The van der Waals surface area contributed by atoms with Gasteiger partial charge in [-0.25, -0.2) is 9.48 Å². The number of carbonyl (C=O) groups is 1. The minimum Gasteiger partial charge on any atom is -0.477 e. The monoisotopic (exact) mass is 320 g/mol. The van der Waals surface area contributed by atoms with Gasteiger partial charge >= 0.3 is 5.97 Å². The highest BCUT2D eigenvalue weighted by atomic mass is 35.5. The molecule has 1 N–H and O–H groups in total. The van der Waals surface area contributed by atoms with Crippen LogP contribution in [0.3, 0.4) is 0 Å². The van der Waals surface area contributed by atoms with Crippen LogP contribution in [0.5, 0.6) is 0 Å². The van der Waals surface area contributed by atoms with Crippen molar-refractivity contribution in [2.75, 3.05) is 0 Å². The van der Waals surface area contributed by atoms with E-state index in [9.17, 15) is 9.90 Å². The predicted molar refractivity (Wildman–Crippen MR) is 85.0 cm³/mol. The molecule has 21 heavy (non-hydrogen) atoms. The Hall–Kier alpha value is -1.85. The first-order valence-electron chi connectivity index (χ1n) is 6.53. The van der Waals surface area contributed by atoms with E-state index in [1.807, 2.05) is 32.0 Å². The largest absolute Gasteiger partial charge is 0.477 e. The average Bonchev–Trinajstić information content (AvgIpc) is 2.97. The number of aromatic carboxylic acids is 1. The van der Waals surface area contributed by atoms with Gasteiger partial charge in [0.15, 0.2) is 0 Å². The number of halogens is 1. The Kier molecular flexibility index (Phi) is 3.47. The Bertz CT molecular complexity index is 851. The van der Waals surface area contributed by atoms with Gasteiger partial charge in [0, 0.05) is 10.4 Å². The van der Waals surface area contributed by atoms with Crippen LogP contribution in [0.1, 0.15) is 27.9 Å². The molecule has 0 spiro atoms. The van der Waals surface area contributed by atoms with Gasteiger partial charge in [-0.3, -0.25) is 0 Å². The van der Waals surface area contributed by atoms with Crippen LogP contribution in [-0.2, 0) is 6.42 Å². The van der Waals surface area contributed by atoms with E-state index >= 15 is 0 Å². The number of rotatable bonds is 3. The summed E-state index contributed by atoms with van der Waals surface area (Å²) in [5.74, 6) is -0.895. The van der Waals surface area contributed by atoms with E-state index in [0.717, 1.165) is 33.6 Å². The number of fused-ring (bicyclic) bond motifs is 1. The van der Waals surface area contributed by atoms with E-state index in [-0.39, 0.29) is 0 Å². The number of carboxylic acid groups (broad SMARTS) is 1. The van der Waals surface area contributed by atoms with Crippen molar-refractivity contribution < 1.29 is 9.90 Å². The molecule has 0 aliphatic rings. The van der Waals surface area contributed by atoms with Crippen LogP contribution in [0, 0.1) is 6.92 Å². The summed E-state index contributed by atoms with van der Waals surface area (Å²) < 4.78 is 1.78. The van der Waals surface area contributed by atoms with Gasteiger partial charge in [-0.2, -0.15) is 5.10 Å². The minimum atomic E-state index is -0.895. The number of hydrogen-bond acceptors (Lipinski definition) is 3. The zero-order valence-corrected chi connectivity index (χ0v) is 13.1. The highest BCUT2D eigenvalue weighted by Gasteiger charge is 2.22. The van der Waals surface area contributed by atoms with Crippen molar-refractivity contribution in [1.29, 1.82) is 0 Å². The summed E-state index contributed by atoms with van der Waals surface area (Å²) in [5, 5.41) is 15.5. The Morgan fingerprint density at radius 3 is 2.86 bits per heavy atom. The molecule has 1 aromatic carbocycles. The van der Waals surface area contributed by atoms with Gasteiger partial charge in [0.1, 0.15) is 9.71 Å². The molecule has 0 atom stereocenters. The third kappa shape index (κ3) is 2.22. The molecule has 0 saturated heterocycles. The number of thiophene rings is 1. The van der Waals surface area contributed by atoms with Crippen LogP contribution in [0.25, 0.3) is 15.9 Å². The third-order valence-electron chi connectivity index (χ3n) is 3.41. The van der Waals surface area contributed by atoms with Crippen LogP contribution in [0.4, 0.5) is 0 Å². The first-order chi connectivity index (χ1) is 10.0. The molecule has 0 saturated carbocycles. The average molecular weight is 321 g/mol. The normalized spacial score (nSPS) is 11.2. The summed E-state index contributed by atoms with van der Waals surface area (Å²) in [4.78, 5) is 12.6. The molecule has 0 unspecified atom stereocenters. The summed E-state index contributed by atoms with van der Waals surface area (Å²) >= 11 is 7.30. The molecular formula is C15H13ClN2O2S. The lowest BCUT2D eigenvalue weighted by Gasteiger charge is -2.02. The summed E-state index contributed by atoms with van der Waals surface area (Å²) in [5.41, 5.74) is 2.53. The number of benzene rings is 1. The molecule has 0 radical (unpaired) electrons. The van der Waals surface area contributed by atoms with Gasteiger partial charge in [0.05, 0.1) is 11.4 Å². The fraction of sp³-hybridized carbons (Fsp3) is 0.200. The fourth-order valence-electron chi connectivity index (χ4n) is 2.44. The summed E-state index contributed by atoms with van der Waals surface area (Å²) in [7, 11) is 0. The van der Waals surface area contributed by atoms with E-state index in [1.54, 1.807) is 10.7 Å². The predicted octanol–water partition coefficient (Wildman–Crippen LogP) is 4.31. The lowest BCUT2D eigenvalue weighted by atomic mass is 10.1. The second-order valence-electron chi connectivity index (χ2n) is 4.73. The maximum absolute atomic E-state index is 11.4. The van der Waals surface area contributed by atoms with Crippen molar-refractivity contribution in [2.45, 2.75) is 20.3 Å². The molecular weight excluding hydrogens is 308 g/mol. The van der Waals surface area contributed by atoms with Crippen LogP contribution >= 0.6 is 22.9 Å². The fourth-order valence-corrected chi connectivity index (χ4v) is 3.76. The van der Waals surface area contributed by atoms with Crippen molar-refractivity contribution in [1.82, 2.24) is 9.78 Å². The maximum Gasteiger partial charge on any atom is 0.346 e. The van der Waals surface area contributed by atoms with E-state index in [0.29, 0.717) is 9.90 Å². The Morgan fingerprint density at radius 2 is 2.24 bits per heavy atom. The highest BCUT2D eigenvalue weighted by Crippen LogP contribution is 2.35. The molecule has 2 heterocycles. The molecule has 108 valence electrons. The topological polar surface area (TPSA) is 55.1 Å². The van der Waals surface area contributed by atoms with Gasteiger partial charge in [0.2, 0.25) is 0 Å². The number of aromatic nitrogens is 2. The second-order valence-corrected chi connectivity index (χ2v) is 6.17. The Morgan fingerprint density at radius 1 is 1.48 bits per heavy atom. The van der Waals surface area contributed by atoms with Crippen molar-refractivity contribution in [3.63, 3.8) is 0 Å². The van der Waals surface area contributed by atoms with Gasteiger partial charge in [-0.1, -0.05) is 24.6 Å². The van der Waals surface area contributed by atoms with Crippen molar-refractivity contribution in [2.24, 2.45) is 0 Å². The van der Waals surface area contributed by atoms with Gasteiger partial charge in [0.25, 0.3) is 0 Å². The maximum atomic E-state index is 11.4. The zero-order chi connectivity index (χ0) is 15.1. The van der Waals surface area contributed by atoms with Crippen LogP contribution in [0.15, 0.2) is 24.3 Å². The van der Waals surface area contributed by atoms with E-state index in [4.69, 9.17) is 11.6 Å².